The fourth-order valence-corrected chi connectivity index (χ4v) is 3.22. The Hall–Kier alpha value is -4.79. The van der Waals surface area contributed by atoms with Crippen LogP contribution in [-0.2, 0) is 0 Å². The zero-order valence-electron chi connectivity index (χ0n) is 16.8. The van der Waals surface area contributed by atoms with Gasteiger partial charge >= 0.3 is 0 Å². The second-order valence-corrected chi connectivity index (χ2v) is 6.95. The molecule has 32 heavy (non-hydrogen) atoms. The second-order valence-electron chi connectivity index (χ2n) is 6.95. The maximum Gasteiger partial charge on any atom is 0.255 e. The molecule has 0 saturated carbocycles. The van der Waals surface area contributed by atoms with E-state index in [-0.39, 0.29) is 5.91 Å². The fraction of sp³-hybridized carbons (Fsp3) is 0. The average molecular weight is 422 g/mol. The third-order valence-corrected chi connectivity index (χ3v) is 4.83. The highest BCUT2D eigenvalue weighted by molar-refractivity contribution is 6.05. The largest absolute Gasteiger partial charge is 0.397 e. The van der Waals surface area contributed by atoms with E-state index < -0.39 is 0 Å². The highest BCUT2D eigenvalue weighted by Gasteiger charge is 2.11. The number of fused-ring (bicyclic) bond motifs is 1. The van der Waals surface area contributed by atoms with Gasteiger partial charge in [0, 0.05) is 17.4 Å². The van der Waals surface area contributed by atoms with Crippen LogP contribution < -0.4 is 16.4 Å². The van der Waals surface area contributed by atoms with E-state index in [1.165, 1.54) is 6.33 Å². The number of carbonyl (C=O) groups excluding carboxylic acids is 1. The van der Waals surface area contributed by atoms with Crippen LogP contribution in [0.15, 0.2) is 85.5 Å². The molecule has 5 aromatic rings. The minimum absolute atomic E-state index is 0.246. The predicted molar refractivity (Wildman–Crippen MR) is 123 cm³/mol. The van der Waals surface area contributed by atoms with Crippen LogP contribution in [0.2, 0.25) is 0 Å². The number of nitrogen functional groups attached to an aromatic ring is 1. The number of carbonyl (C=O) groups is 1. The molecule has 0 saturated heterocycles. The van der Waals surface area contributed by atoms with Gasteiger partial charge in [-0.15, -0.1) is 0 Å². The molecule has 2 aromatic carbocycles. The average Bonchev–Trinajstić information content (AvgIpc) is 3.25. The highest BCUT2D eigenvalue weighted by atomic mass is 16.1. The summed E-state index contributed by atoms with van der Waals surface area (Å²) < 4.78 is 1.91. The molecule has 9 heteroatoms. The van der Waals surface area contributed by atoms with E-state index >= 15 is 0 Å². The van der Waals surface area contributed by atoms with Gasteiger partial charge in [0.1, 0.15) is 17.7 Å². The third kappa shape index (κ3) is 3.82. The first-order valence-corrected chi connectivity index (χ1v) is 9.82. The summed E-state index contributed by atoms with van der Waals surface area (Å²) in [5, 5.41) is 5.94. The Labute approximate surface area is 183 Å². The van der Waals surface area contributed by atoms with Crippen LogP contribution in [0.25, 0.3) is 17.2 Å². The van der Waals surface area contributed by atoms with Crippen molar-refractivity contribution in [2.45, 2.75) is 0 Å². The van der Waals surface area contributed by atoms with E-state index in [2.05, 4.69) is 30.6 Å². The van der Waals surface area contributed by atoms with E-state index in [9.17, 15) is 4.79 Å². The summed E-state index contributed by atoms with van der Waals surface area (Å²) >= 11 is 0. The Morgan fingerprint density at radius 1 is 0.906 bits per heavy atom. The Morgan fingerprint density at radius 2 is 1.72 bits per heavy atom. The summed E-state index contributed by atoms with van der Waals surface area (Å²) in [4.78, 5) is 29.8. The van der Waals surface area contributed by atoms with E-state index in [1.54, 1.807) is 42.6 Å². The van der Waals surface area contributed by atoms with Crippen LogP contribution in [0, 0.1) is 0 Å². The van der Waals surface area contributed by atoms with Gasteiger partial charge in [0.05, 0.1) is 17.6 Å². The van der Waals surface area contributed by atoms with Crippen molar-refractivity contribution in [3.63, 3.8) is 0 Å². The van der Waals surface area contributed by atoms with Crippen molar-refractivity contribution in [3.05, 3.63) is 91.0 Å². The number of hydrogen-bond acceptors (Lipinski definition) is 7. The molecule has 0 atom stereocenters. The van der Waals surface area contributed by atoms with Crippen molar-refractivity contribution in [3.8, 4) is 11.5 Å². The first-order chi connectivity index (χ1) is 15.7. The van der Waals surface area contributed by atoms with Crippen molar-refractivity contribution in [1.29, 1.82) is 0 Å². The maximum absolute atomic E-state index is 12.5. The van der Waals surface area contributed by atoms with Crippen LogP contribution in [-0.4, -0.2) is 30.2 Å². The van der Waals surface area contributed by atoms with Crippen molar-refractivity contribution in [2.24, 2.45) is 0 Å². The van der Waals surface area contributed by atoms with Crippen LogP contribution in [0.4, 0.5) is 23.0 Å². The quantitative estimate of drug-likeness (QED) is 0.368. The van der Waals surface area contributed by atoms with Crippen molar-refractivity contribution in [1.82, 2.24) is 24.3 Å². The summed E-state index contributed by atoms with van der Waals surface area (Å²) in [5.74, 6) is 0.636. The molecule has 5 rings (SSSR count). The Morgan fingerprint density at radius 3 is 2.56 bits per heavy atom. The number of hydrogen-bond donors (Lipinski definition) is 3. The Bertz CT molecular complexity index is 1410. The number of rotatable bonds is 5. The van der Waals surface area contributed by atoms with Crippen LogP contribution in [0.3, 0.4) is 0 Å². The van der Waals surface area contributed by atoms with Gasteiger partial charge in [0.2, 0.25) is 5.95 Å². The normalized spacial score (nSPS) is 10.8. The summed E-state index contributed by atoms with van der Waals surface area (Å²) in [5.41, 5.74) is 9.77. The molecule has 9 nitrogen and oxygen atoms in total. The molecular formula is C23H18N8O. The van der Waals surface area contributed by atoms with Gasteiger partial charge in [-0.3, -0.25) is 9.20 Å². The molecule has 0 aliphatic rings. The molecule has 156 valence electrons. The number of aromatic nitrogens is 5. The summed E-state index contributed by atoms with van der Waals surface area (Å²) in [7, 11) is 0. The Kier molecular flexibility index (Phi) is 4.89. The number of anilines is 4. The number of para-hydroxylation sites is 2. The van der Waals surface area contributed by atoms with Crippen LogP contribution in [0.5, 0.6) is 0 Å². The van der Waals surface area contributed by atoms with Crippen molar-refractivity contribution >= 4 is 34.6 Å². The first-order valence-electron chi connectivity index (χ1n) is 9.82. The van der Waals surface area contributed by atoms with Gasteiger partial charge in [-0.2, -0.15) is 4.98 Å². The third-order valence-electron chi connectivity index (χ3n) is 4.83. The van der Waals surface area contributed by atoms with Crippen LogP contribution in [0.1, 0.15) is 10.4 Å². The highest BCUT2D eigenvalue weighted by Crippen LogP contribution is 2.21. The zero-order valence-corrected chi connectivity index (χ0v) is 16.8. The maximum atomic E-state index is 12.5. The van der Waals surface area contributed by atoms with E-state index in [1.807, 2.05) is 40.9 Å². The standard InChI is InChI=1S/C23H18N8O/c24-17-5-1-2-6-18(17)29-22(32)15-8-10-16(11-9-15)28-23-27-14-26-21(30-23)19-13-25-20-7-3-4-12-31(19)20/h1-14H,24H2,(H,29,32)(H,26,27,28,30). The molecule has 0 spiro atoms. The van der Waals surface area contributed by atoms with Crippen molar-refractivity contribution < 1.29 is 4.79 Å². The fourth-order valence-electron chi connectivity index (χ4n) is 3.22. The molecule has 0 radical (unpaired) electrons. The van der Waals surface area contributed by atoms with E-state index in [4.69, 9.17) is 5.73 Å². The smallest absolute Gasteiger partial charge is 0.255 e. The van der Waals surface area contributed by atoms with Gasteiger partial charge < -0.3 is 16.4 Å². The number of amides is 1. The number of benzene rings is 2. The molecule has 0 unspecified atom stereocenters. The lowest BCUT2D eigenvalue weighted by atomic mass is 10.2. The number of nitrogens with one attached hydrogen (secondary N) is 2. The molecule has 1 amide bonds. The lowest BCUT2D eigenvalue weighted by molar-refractivity contribution is 0.102. The lowest BCUT2D eigenvalue weighted by Gasteiger charge is -2.09. The molecule has 3 heterocycles. The van der Waals surface area contributed by atoms with Gasteiger partial charge in [0.25, 0.3) is 5.91 Å². The monoisotopic (exact) mass is 422 g/mol. The number of nitrogens with zero attached hydrogens (tertiary/aromatic N) is 5. The minimum Gasteiger partial charge on any atom is -0.397 e. The SMILES string of the molecule is Nc1ccccc1NC(=O)c1ccc(Nc2ncnc(-c3cnc4ccccn34)n2)cc1. The second kappa shape index (κ2) is 8.15. The molecule has 0 aliphatic carbocycles. The lowest BCUT2D eigenvalue weighted by Crippen LogP contribution is -2.13. The first kappa shape index (κ1) is 19.2. The molecule has 0 fully saturated rings. The number of nitrogens with two attached hydrogens (primary N) is 1. The molecule has 3 aromatic heterocycles. The van der Waals surface area contributed by atoms with E-state index in [0.29, 0.717) is 28.7 Å². The zero-order chi connectivity index (χ0) is 21.9. The number of pyridine rings is 1. The predicted octanol–water partition coefficient (Wildman–Crippen LogP) is 3.76. The minimum atomic E-state index is -0.246. The van der Waals surface area contributed by atoms with Gasteiger partial charge in [-0.05, 0) is 48.5 Å². The molecular weight excluding hydrogens is 404 g/mol. The van der Waals surface area contributed by atoms with Crippen molar-refractivity contribution in [2.75, 3.05) is 16.4 Å². The van der Waals surface area contributed by atoms with Crippen LogP contribution >= 0.6 is 0 Å². The van der Waals surface area contributed by atoms with Gasteiger partial charge in [0.15, 0.2) is 5.82 Å². The number of imidazole rings is 1. The summed E-state index contributed by atoms with van der Waals surface area (Å²) in [6.07, 6.45) is 5.07. The van der Waals surface area contributed by atoms with Gasteiger partial charge in [-0.25, -0.2) is 15.0 Å². The van der Waals surface area contributed by atoms with Gasteiger partial charge in [-0.1, -0.05) is 18.2 Å². The Balaban J connectivity index is 1.32. The molecule has 0 aliphatic heterocycles. The van der Waals surface area contributed by atoms with E-state index in [0.717, 1.165) is 17.0 Å². The summed E-state index contributed by atoms with van der Waals surface area (Å²) in [6, 6.07) is 19.8. The molecule has 0 bridgehead atoms. The topological polar surface area (TPSA) is 123 Å². The summed E-state index contributed by atoms with van der Waals surface area (Å²) in [6.45, 7) is 0. The molecule has 4 N–H and O–H groups in total.